The number of aliphatic carboxylic acids is 1. The molecule has 1 aliphatic rings. The Morgan fingerprint density at radius 2 is 1.39 bits per heavy atom. The normalized spacial score (nSPS) is 15.6. The fraction of sp³-hybridized carbons (Fsp3) is 0.519. The van der Waals surface area contributed by atoms with Crippen molar-refractivity contribution in [3.8, 4) is 0 Å². The quantitative estimate of drug-likeness (QED) is 0.398. The highest BCUT2D eigenvalue weighted by atomic mass is 19.1. The molecule has 1 saturated heterocycles. The standard InChI is InChI=1S/C27H35F2NO3/c28-24-11-7-9-22(19-24)27(33,23-10-8-12-25(29)20-23)21-14-17-30(18-15-21)16-6-4-2-1-3-5-13-26(31)32/h7-12,19-21,33H,1-6,13-18H2,(H,31,32). The summed E-state index contributed by atoms with van der Waals surface area (Å²) in [7, 11) is 0. The molecule has 2 N–H and O–H groups in total. The number of unbranched alkanes of at least 4 members (excludes halogenated alkanes) is 5. The number of hydrogen-bond acceptors (Lipinski definition) is 3. The molecule has 4 nitrogen and oxygen atoms in total. The summed E-state index contributed by atoms with van der Waals surface area (Å²) < 4.78 is 28.0. The van der Waals surface area contributed by atoms with Crippen LogP contribution in [0.1, 0.15) is 68.9 Å². The number of hydrogen-bond donors (Lipinski definition) is 2. The molecule has 0 radical (unpaired) electrons. The van der Waals surface area contributed by atoms with Gasteiger partial charge in [-0.05, 0) is 86.6 Å². The summed E-state index contributed by atoms with van der Waals surface area (Å²) in [4.78, 5) is 12.9. The van der Waals surface area contributed by atoms with Gasteiger partial charge < -0.3 is 15.1 Å². The maximum absolute atomic E-state index is 14.0. The van der Waals surface area contributed by atoms with Crippen molar-refractivity contribution in [2.75, 3.05) is 19.6 Å². The third kappa shape index (κ3) is 7.08. The molecule has 1 fully saturated rings. The van der Waals surface area contributed by atoms with Gasteiger partial charge in [0.05, 0.1) is 0 Å². The van der Waals surface area contributed by atoms with Crippen molar-refractivity contribution in [1.29, 1.82) is 0 Å². The second-order valence-electron chi connectivity index (χ2n) is 9.17. The number of rotatable bonds is 12. The Bertz CT molecular complexity index is 851. The zero-order valence-corrected chi connectivity index (χ0v) is 19.2. The molecule has 1 aliphatic heterocycles. The van der Waals surface area contributed by atoms with Crippen molar-refractivity contribution in [3.05, 3.63) is 71.3 Å². The van der Waals surface area contributed by atoms with E-state index in [0.29, 0.717) is 11.1 Å². The van der Waals surface area contributed by atoms with Crippen LogP contribution in [0.15, 0.2) is 48.5 Å². The number of nitrogens with zero attached hydrogens (tertiary/aromatic N) is 1. The summed E-state index contributed by atoms with van der Waals surface area (Å²) in [6, 6.07) is 12.0. The van der Waals surface area contributed by atoms with E-state index in [4.69, 9.17) is 5.11 Å². The average molecular weight is 460 g/mol. The topological polar surface area (TPSA) is 60.8 Å². The first-order chi connectivity index (χ1) is 15.9. The van der Waals surface area contributed by atoms with Crippen LogP contribution in [0.5, 0.6) is 0 Å². The molecule has 0 atom stereocenters. The van der Waals surface area contributed by atoms with E-state index in [-0.39, 0.29) is 12.3 Å². The lowest BCUT2D eigenvalue weighted by atomic mass is 9.72. The van der Waals surface area contributed by atoms with Crippen molar-refractivity contribution in [2.24, 2.45) is 5.92 Å². The predicted molar refractivity (Wildman–Crippen MR) is 125 cm³/mol. The van der Waals surface area contributed by atoms with E-state index in [9.17, 15) is 18.7 Å². The monoisotopic (exact) mass is 459 g/mol. The zero-order valence-electron chi connectivity index (χ0n) is 19.2. The van der Waals surface area contributed by atoms with E-state index >= 15 is 0 Å². The first-order valence-electron chi connectivity index (χ1n) is 12.1. The van der Waals surface area contributed by atoms with Crippen LogP contribution < -0.4 is 0 Å². The Labute approximate surface area is 195 Å². The second kappa shape index (κ2) is 12.2. The first-order valence-corrected chi connectivity index (χ1v) is 12.1. The summed E-state index contributed by atoms with van der Waals surface area (Å²) in [6.45, 7) is 2.69. The summed E-state index contributed by atoms with van der Waals surface area (Å²) in [5.74, 6) is -1.68. The van der Waals surface area contributed by atoms with E-state index in [1.165, 1.54) is 24.3 Å². The van der Waals surface area contributed by atoms with Crippen LogP contribution in [0, 0.1) is 17.6 Å². The molecule has 0 aromatic heterocycles. The van der Waals surface area contributed by atoms with Gasteiger partial charge >= 0.3 is 5.97 Å². The molecule has 0 amide bonds. The molecular formula is C27H35F2NO3. The van der Waals surface area contributed by atoms with E-state index in [0.717, 1.165) is 71.0 Å². The maximum Gasteiger partial charge on any atom is 0.303 e. The first kappa shape index (κ1) is 25.3. The average Bonchev–Trinajstić information content (AvgIpc) is 2.80. The van der Waals surface area contributed by atoms with E-state index in [1.807, 2.05) is 0 Å². The Balaban J connectivity index is 1.54. The molecule has 0 aliphatic carbocycles. The van der Waals surface area contributed by atoms with E-state index < -0.39 is 23.2 Å². The van der Waals surface area contributed by atoms with Crippen molar-refractivity contribution in [3.63, 3.8) is 0 Å². The van der Waals surface area contributed by atoms with Crippen molar-refractivity contribution in [2.45, 2.75) is 63.4 Å². The van der Waals surface area contributed by atoms with E-state index in [1.54, 1.807) is 24.3 Å². The molecule has 6 heteroatoms. The second-order valence-corrected chi connectivity index (χ2v) is 9.17. The van der Waals surface area contributed by atoms with E-state index in [2.05, 4.69) is 4.90 Å². The number of carbonyl (C=O) groups is 1. The minimum Gasteiger partial charge on any atom is -0.481 e. The maximum atomic E-state index is 14.0. The fourth-order valence-corrected chi connectivity index (χ4v) is 4.98. The third-order valence-electron chi connectivity index (χ3n) is 6.82. The predicted octanol–water partition coefficient (Wildman–Crippen LogP) is 5.73. The van der Waals surface area contributed by atoms with Gasteiger partial charge in [-0.25, -0.2) is 8.78 Å². The summed E-state index contributed by atoms with van der Waals surface area (Å²) in [5, 5.41) is 20.5. The molecule has 1 heterocycles. The Morgan fingerprint density at radius 3 is 1.91 bits per heavy atom. The number of aliphatic hydroxyl groups is 1. The molecule has 0 spiro atoms. The molecule has 0 bridgehead atoms. The molecule has 2 aromatic rings. The van der Waals surface area contributed by atoms with Crippen LogP contribution in [0.2, 0.25) is 0 Å². The van der Waals surface area contributed by atoms with Gasteiger partial charge in [0.15, 0.2) is 0 Å². The molecule has 0 saturated carbocycles. The molecule has 3 rings (SSSR count). The largest absolute Gasteiger partial charge is 0.481 e. The number of piperidine rings is 1. The smallest absolute Gasteiger partial charge is 0.303 e. The Kier molecular flexibility index (Phi) is 9.39. The number of carboxylic acids is 1. The highest BCUT2D eigenvalue weighted by molar-refractivity contribution is 5.66. The summed E-state index contributed by atoms with van der Waals surface area (Å²) in [5.41, 5.74) is -0.504. The lowest BCUT2D eigenvalue weighted by Crippen LogP contribution is -2.44. The molecule has 180 valence electrons. The summed E-state index contributed by atoms with van der Waals surface area (Å²) in [6.07, 6.45) is 7.90. The van der Waals surface area contributed by atoms with Crippen LogP contribution >= 0.6 is 0 Å². The lowest BCUT2D eigenvalue weighted by Gasteiger charge is -2.42. The van der Waals surface area contributed by atoms with Crippen LogP contribution in [-0.4, -0.2) is 40.7 Å². The van der Waals surface area contributed by atoms with Gasteiger partial charge in [-0.1, -0.05) is 49.9 Å². The van der Waals surface area contributed by atoms with Gasteiger partial charge in [0.1, 0.15) is 17.2 Å². The van der Waals surface area contributed by atoms with Crippen molar-refractivity contribution < 1.29 is 23.8 Å². The molecule has 0 unspecified atom stereocenters. The van der Waals surface area contributed by atoms with Crippen LogP contribution in [0.3, 0.4) is 0 Å². The van der Waals surface area contributed by atoms with Crippen molar-refractivity contribution >= 4 is 5.97 Å². The SMILES string of the molecule is O=C(O)CCCCCCCCN1CCC(C(O)(c2cccc(F)c2)c2cccc(F)c2)CC1. The highest BCUT2D eigenvalue weighted by Crippen LogP contribution is 2.42. The lowest BCUT2D eigenvalue weighted by molar-refractivity contribution is -0.137. The number of benzene rings is 2. The van der Waals surface area contributed by atoms with Crippen LogP contribution in [0.25, 0.3) is 0 Å². The highest BCUT2D eigenvalue weighted by Gasteiger charge is 2.42. The van der Waals surface area contributed by atoms with Crippen LogP contribution in [-0.2, 0) is 10.4 Å². The van der Waals surface area contributed by atoms with Gasteiger partial charge in [-0.15, -0.1) is 0 Å². The zero-order chi connectivity index (χ0) is 23.7. The van der Waals surface area contributed by atoms with Gasteiger partial charge in [0, 0.05) is 6.42 Å². The molecule has 33 heavy (non-hydrogen) atoms. The summed E-state index contributed by atoms with van der Waals surface area (Å²) >= 11 is 0. The van der Waals surface area contributed by atoms with Gasteiger partial charge in [-0.3, -0.25) is 4.79 Å². The third-order valence-corrected chi connectivity index (χ3v) is 6.82. The van der Waals surface area contributed by atoms with Gasteiger partial charge in [-0.2, -0.15) is 0 Å². The molecule has 2 aromatic carbocycles. The minimum atomic E-state index is -1.44. The Morgan fingerprint density at radius 1 is 0.879 bits per heavy atom. The minimum absolute atomic E-state index is 0.133. The van der Waals surface area contributed by atoms with Gasteiger partial charge in [0.25, 0.3) is 0 Å². The number of likely N-dealkylation sites (tertiary alicyclic amines) is 1. The van der Waals surface area contributed by atoms with Crippen molar-refractivity contribution in [1.82, 2.24) is 4.90 Å². The van der Waals surface area contributed by atoms with Crippen LogP contribution in [0.4, 0.5) is 8.78 Å². The fourth-order valence-electron chi connectivity index (χ4n) is 4.98. The molecular weight excluding hydrogens is 424 g/mol. The number of halogens is 2. The Hall–Kier alpha value is -2.31. The van der Waals surface area contributed by atoms with Gasteiger partial charge in [0.2, 0.25) is 0 Å². The number of carboxylic acid groups (broad SMARTS) is 1.